The Kier molecular flexibility index (Phi) is 5.62. The molecular formula is C12H14BrNO5. The second kappa shape index (κ2) is 6.98. The summed E-state index contributed by atoms with van der Waals surface area (Å²) in [6.07, 6.45) is 0. The highest BCUT2D eigenvalue weighted by atomic mass is 79.9. The van der Waals surface area contributed by atoms with Gasteiger partial charge in [-0.15, -0.1) is 0 Å². The van der Waals surface area contributed by atoms with Gasteiger partial charge in [0.25, 0.3) is 5.91 Å². The average molecular weight is 332 g/mol. The molecule has 0 fully saturated rings. The Hall–Kier alpha value is -1.76. The molecule has 7 heteroatoms. The summed E-state index contributed by atoms with van der Waals surface area (Å²) < 4.78 is 15.7. The van der Waals surface area contributed by atoms with Crippen LogP contribution in [0.25, 0.3) is 0 Å². The van der Waals surface area contributed by atoms with Gasteiger partial charge in [0.15, 0.2) is 6.61 Å². The molecule has 6 nitrogen and oxygen atoms in total. The lowest BCUT2D eigenvalue weighted by molar-refractivity contribution is -0.123. The summed E-state index contributed by atoms with van der Waals surface area (Å²) in [6.45, 7) is -0.337. The highest BCUT2D eigenvalue weighted by Crippen LogP contribution is 2.35. The van der Waals surface area contributed by atoms with E-state index in [1.165, 1.54) is 33.4 Å². The topological polar surface area (TPSA) is 73.9 Å². The summed E-state index contributed by atoms with van der Waals surface area (Å²) in [7, 11) is 4.40. The highest BCUT2D eigenvalue weighted by Gasteiger charge is 2.16. The van der Waals surface area contributed by atoms with Crippen molar-refractivity contribution in [3.63, 3.8) is 0 Å². The number of amides is 1. The fourth-order valence-corrected chi connectivity index (χ4v) is 1.83. The third-order valence-electron chi connectivity index (χ3n) is 2.29. The maximum absolute atomic E-state index is 11.8. The van der Waals surface area contributed by atoms with Crippen molar-refractivity contribution >= 4 is 27.8 Å². The van der Waals surface area contributed by atoms with Crippen LogP contribution in [0.5, 0.6) is 11.5 Å². The second-order valence-corrected chi connectivity index (χ2v) is 4.24. The van der Waals surface area contributed by atoms with E-state index < -0.39 is 5.97 Å². The van der Waals surface area contributed by atoms with E-state index in [1.807, 2.05) is 0 Å². The van der Waals surface area contributed by atoms with Gasteiger partial charge in [0, 0.05) is 7.05 Å². The maximum Gasteiger partial charge on any atom is 0.338 e. The molecule has 0 radical (unpaired) electrons. The van der Waals surface area contributed by atoms with E-state index >= 15 is 0 Å². The molecule has 104 valence electrons. The number of carbonyl (C=O) groups excluding carboxylic acids is 2. The first-order valence-electron chi connectivity index (χ1n) is 5.32. The van der Waals surface area contributed by atoms with Crippen molar-refractivity contribution in [1.82, 2.24) is 5.32 Å². The van der Waals surface area contributed by atoms with Crippen LogP contribution in [0.2, 0.25) is 0 Å². The number of methoxy groups -OCH3 is 2. The molecule has 0 saturated heterocycles. The molecular weight excluding hydrogens is 318 g/mol. The molecule has 0 aliphatic rings. The lowest BCUT2D eigenvalue weighted by Gasteiger charge is -2.11. The first-order chi connectivity index (χ1) is 9.03. The van der Waals surface area contributed by atoms with Crippen LogP contribution in [0.1, 0.15) is 10.4 Å². The van der Waals surface area contributed by atoms with Gasteiger partial charge in [-0.3, -0.25) is 4.79 Å². The molecule has 19 heavy (non-hydrogen) atoms. The van der Waals surface area contributed by atoms with Crippen LogP contribution in [0.4, 0.5) is 0 Å². The molecule has 0 heterocycles. The van der Waals surface area contributed by atoms with Gasteiger partial charge in [0.1, 0.15) is 16.0 Å². The van der Waals surface area contributed by atoms with Crippen molar-refractivity contribution in [1.29, 1.82) is 0 Å². The molecule has 0 unspecified atom stereocenters. The zero-order valence-electron chi connectivity index (χ0n) is 10.8. The number of hydrogen-bond donors (Lipinski definition) is 1. The first kappa shape index (κ1) is 15.3. The van der Waals surface area contributed by atoms with Crippen molar-refractivity contribution in [3.8, 4) is 11.5 Å². The molecule has 1 aromatic rings. The van der Waals surface area contributed by atoms with Gasteiger partial charge < -0.3 is 19.5 Å². The van der Waals surface area contributed by atoms with E-state index in [0.29, 0.717) is 16.0 Å². The van der Waals surface area contributed by atoms with Gasteiger partial charge in [0.2, 0.25) is 0 Å². The number of hydrogen-bond acceptors (Lipinski definition) is 5. The number of halogens is 1. The molecule has 0 atom stereocenters. The molecule has 1 amide bonds. The predicted octanol–water partition coefficient (Wildman–Crippen LogP) is 1.37. The van der Waals surface area contributed by atoms with Crippen LogP contribution < -0.4 is 14.8 Å². The molecule has 0 aliphatic heterocycles. The third kappa shape index (κ3) is 3.85. The second-order valence-electron chi connectivity index (χ2n) is 3.44. The SMILES string of the molecule is CNC(=O)COC(=O)c1cc(OC)c(Br)c(OC)c1. The zero-order chi connectivity index (χ0) is 14.4. The van der Waals surface area contributed by atoms with E-state index in [0.717, 1.165) is 0 Å². The Morgan fingerprint density at radius 2 is 1.74 bits per heavy atom. The van der Waals surface area contributed by atoms with Crippen molar-refractivity contribution in [2.45, 2.75) is 0 Å². The van der Waals surface area contributed by atoms with Gasteiger partial charge >= 0.3 is 5.97 Å². The summed E-state index contributed by atoms with van der Waals surface area (Å²) in [5.74, 6) is -0.144. The predicted molar refractivity (Wildman–Crippen MR) is 71.6 cm³/mol. The Balaban J connectivity index is 2.94. The summed E-state index contributed by atoms with van der Waals surface area (Å²) in [4.78, 5) is 22.8. The normalized spacial score (nSPS) is 9.68. The maximum atomic E-state index is 11.8. The van der Waals surface area contributed by atoms with Crippen molar-refractivity contribution < 1.29 is 23.8 Å². The number of benzene rings is 1. The lowest BCUT2D eigenvalue weighted by atomic mass is 10.2. The van der Waals surface area contributed by atoms with Crippen LogP contribution in [0.3, 0.4) is 0 Å². The van der Waals surface area contributed by atoms with Crippen LogP contribution in [0, 0.1) is 0 Å². The van der Waals surface area contributed by atoms with Crippen molar-refractivity contribution in [3.05, 3.63) is 22.2 Å². The number of likely N-dealkylation sites (N-methyl/N-ethyl adjacent to an activating group) is 1. The van der Waals surface area contributed by atoms with E-state index in [4.69, 9.17) is 14.2 Å². The summed E-state index contributed by atoms with van der Waals surface area (Å²) >= 11 is 3.29. The summed E-state index contributed by atoms with van der Waals surface area (Å²) in [6, 6.07) is 3.00. The molecule has 0 saturated carbocycles. The third-order valence-corrected chi connectivity index (χ3v) is 3.08. The standard InChI is InChI=1S/C12H14BrNO5/c1-14-10(15)6-19-12(16)7-4-8(17-2)11(13)9(5-7)18-3/h4-5H,6H2,1-3H3,(H,14,15). The van der Waals surface area contributed by atoms with Crippen molar-refractivity contribution in [2.75, 3.05) is 27.9 Å². The molecule has 0 aromatic heterocycles. The summed E-state index contributed by atoms with van der Waals surface area (Å²) in [5.41, 5.74) is 0.237. The minimum absolute atomic E-state index is 0.237. The molecule has 0 spiro atoms. The number of carbonyl (C=O) groups is 2. The molecule has 0 bridgehead atoms. The Morgan fingerprint density at radius 1 is 1.21 bits per heavy atom. The van der Waals surface area contributed by atoms with Gasteiger partial charge in [-0.2, -0.15) is 0 Å². The number of esters is 1. The van der Waals surface area contributed by atoms with Crippen LogP contribution >= 0.6 is 15.9 Å². The average Bonchev–Trinajstić information content (AvgIpc) is 2.44. The smallest absolute Gasteiger partial charge is 0.338 e. The van der Waals surface area contributed by atoms with Crippen molar-refractivity contribution in [2.24, 2.45) is 0 Å². The molecule has 1 rings (SSSR count). The van der Waals surface area contributed by atoms with Crippen LogP contribution in [-0.4, -0.2) is 39.8 Å². The highest BCUT2D eigenvalue weighted by molar-refractivity contribution is 9.10. The van der Waals surface area contributed by atoms with E-state index in [-0.39, 0.29) is 18.1 Å². The van der Waals surface area contributed by atoms with Crippen LogP contribution in [-0.2, 0) is 9.53 Å². The van der Waals surface area contributed by atoms with E-state index in [9.17, 15) is 9.59 Å². The minimum Gasteiger partial charge on any atom is -0.495 e. The largest absolute Gasteiger partial charge is 0.495 e. The number of rotatable bonds is 5. The monoisotopic (exact) mass is 331 g/mol. The minimum atomic E-state index is -0.632. The fraction of sp³-hybridized carbons (Fsp3) is 0.333. The zero-order valence-corrected chi connectivity index (χ0v) is 12.4. The van der Waals surface area contributed by atoms with Gasteiger partial charge in [-0.1, -0.05) is 0 Å². The van der Waals surface area contributed by atoms with E-state index in [1.54, 1.807) is 0 Å². The Labute approximate surface area is 119 Å². The van der Waals surface area contributed by atoms with Gasteiger partial charge in [-0.25, -0.2) is 4.79 Å². The quantitative estimate of drug-likeness (QED) is 0.825. The first-order valence-corrected chi connectivity index (χ1v) is 6.12. The van der Waals surface area contributed by atoms with Gasteiger partial charge in [0.05, 0.1) is 19.8 Å². The Morgan fingerprint density at radius 3 is 2.16 bits per heavy atom. The van der Waals surface area contributed by atoms with Gasteiger partial charge in [-0.05, 0) is 28.1 Å². The lowest BCUT2D eigenvalue weighted by Crippen LogP contribution is -2.25. The summed E-state index contributed by atoms with van der Waals surface area (Å²) in [5, 5.41) is 2.35. The Bertz CT molecular complexity index is 464. The molecule has 0 aliphatic carbocycles. The van der Waals surface area contributed by atoms with Crippen LogP contribution in [0.15, 0.2) is 16.6 Å². The molecule has 1 N–H and O–H groups in total. The number of nitrogens with one attached hydrogen (secondary N) is 1. The van der Waals surface area contributed by atoms with E-state index in [2.05, 4.69) is 21.2 Å². The molecule has 1 aromatic carbocycles. The number of ether oxygens (including phenoxy) is 3. The fourth-order valence-electron chi connectivity index (χ4n) is 1.27.